The molecule has 0 radical (unpaired) electrons. The molecule has 0 aliphatic carbocycles. The van der Waals surface area contributed by atoms with E-state index in [2.05, 4.69) is 124 Å². The molecule has 8 aromatic rings. The van der Waals surface area contributed by atoms with Gasteiger partial charge >= 0.3 is 0 Å². The quantitative estimate of drug-likeness (QED) is 0.237. The fraction of sp³-hybridized carbons (Fsp3) is 0. The van der Waals surface area contributed by atoms with Gasteiger partial charge in [0.25, 0.3) is 0 Å². The van der Waals surface area contributed by atoms with Crippen LogP contribution in [0.15, 0.2) is 109 Å². The van der Waals surface area contributed by atoms with Crippen molar-refractivity contribution < 1.29 is 0 Å². The molecule has 0 amide bonds. The summed E-state index contributed by atoms with van der Waals surface area (Å²) in [6, 6.07) is 36.6. The smallest absolute Gasteiger partial charge is 0.0573 e. The van der Waals surface area contributed by atoms with E-state index in [0.29, 0.717) is 0 Å². The minimum absolute atomic E-state index is 1.14. The molecule has 164 valence electrons. The molecule has 0 atom stereocenters. The van der Waals surface area contributed by atoms with E-state index in [1.165, 1.54) is 54.7 Å². The molecule has 0 saturated heterocycles. The highest BCUT2D eigenvalue weighted by atomic mass is 14.8. The summed E-state index contributed by atoms with van der Waals surface area (Å²) < 4.78 is 0. The van der Waals surface area contributed by atoms with E-state index in [-0.39, 0.29) is 0 Å². The normalized spacial score (nSPS) is 12.0. The first-order chi connectivity index (χ1) is 17.4. The summed E-state index contributed by atoms with van der Waals surface area (Å²) in [5.74, 6) is 0. The number of aromatic nitrogens is 3. The van der Waals surface area contributed by atoms with E-state index in [1.807, 2.05) is 0 Å². The number of nitrogens with one attached hydrogen (secondary N) is 3. The zero-order valence-electron chi connectivity index (χ0n) is 18.9. The summed E-state index contributed by atoms with van der Waals surface area (Å²) in [7, 11) is 0. The lowest BCUT2D eigenvalue weighted by Gasteiger charge is -2.14. The van der Waals surface area contributed by atoms with Crippen LogP contribution in [0.1, 0.15) is 0 Å². The first-order valence-corrected chi connectivity index (χ1v) is 12.0. The average molecular weight is 448 g/mol. The van der Waals surface area contributed by atoms with Crippen LogP contribution in [0.2, 0.25) is 0 Å². The lowest BCUT2D eigenvalue weighted by molar-refractivity contribution is 1.47. The lowest BCUT2D eigenvalue weighted by atomic mass is 9.88. The minimum Gasteiger partial charge on any atom is -0.361 e. The molecule has 3 nitrogen and oxygen atoms in total. The Morgan fingerprint density at radius 2 is 1.00 bits per heavy atom. The van der Waals surface area contributed by atoms with Gasteiger partial charge in [-0.05, 0) is 23.8 Å². The summed E-state index contributed by atoms with van der Waals surface area (Å²) in [4.78, 5) is 11.1. The Labute approximate surface area is 201 Å². The van der Waals surface area contributed by atoms with Crippen LogP contribution in [0.5, 0.6) is 0 Å². The van der Waals surface area contributed by atoms with Gasteiger partial charge in [0.15, 0.2) is 0 Å². The first-order valence-electron chi connectivity index (χ1n) is 12.0. The Hall–Kier alpha value is -4.76. The number of H-pyrrole nitrogens is 3. The van der Waals surface area contributed by atoms with Gasteiger partial charge < -0.3 is 15.0 Å². The van der Waals surface area contributed by atoms with E-state index < -0.39 is 0 Å². The summed E-state index contributed by atoms with van der Waals surface area (Å²) in [5, 5.41) is 6.22. The summed E-state index contributed by atoms with van der Waals surface area (Å²) in [6.45, 7) is 0. The van der Waals surface area contributed by atoms with Gasteiger partial charge in [-0.3, -0.25) is 0 Å². The molecule has 5 aromatic carbocycles. The molecule has 8 rings (SSSR count). The molecule has 35 heavy (non-hydrogen) atoms. The Kier molecular flexibility index (Phi) is 3.66. The summed E-state index contributed by atoms with van der Waals surface area (Å²) >= 11 is 0. The number of benzene rings is 5. The fourth-order valence-corrected chi connectivity index (χ4v) is 5.87. The largest absolute Gasteiger partial charge is 0.361 e. The van der Waals surface area contributed by atoms with E-state index in [0.717, 1.165) is 22.1 Å². The van der Waals surface area contributed by atoms with Crippen LogP contribution in [0, 0.1) is 0 Å². The zero-order valence-corrected chi connectivity index (χ0v) is 18.9. The van der Waals surface area contributed by atoms with Crippen molar-refractivity contribution in [3.8, 4) is 22.3 Å². The van der Waals surface area contributed by atoms with Gasteiger partial charge in [0.1, 0.15) is 0 Å². The van der Waals surface area contributed by atoms with Crippen LogP contribution in [0.25, 0.3) is 76.8 Å². The van der Waals surface area contributed by atoms with Crippen LogP contribution in [0.4, 0.5) is 0 Å². The third-order valence-electron chi connectivity index (χ3n) is 7.33. The topological polar surface area (TPSA) is 47.4 Å². The molecule has 0 saturated carbocycles. The number of para-hydroxylation sites is 3. The summed E-state index contributed by atoms with van der Waals surface area (Å²) in [6.07, 6.45) is 2.16. The SMILES string of the molecule is c1ccc(-c2c(-c3c[nH]c4ccccc34)c3[nH]c4ccccc4c3c3[nH]c4ccccc4c23)cc1. The standard InChI is InChI=1S/C32H21N3/c1-2-10-19(11-3-1)27-28-21-13-5-8-16-25(21)34-31(28)30-22-14-6-9-17-26(22)35-32(30)29(27)23-18-33-24-15-7-4-12-20(23)24/h1-18,33-35H. The van der Waals surface area contributed by atoms with E-state index in [9.17, 15) is 0 Å². The highest BCUT2D eigenvalue weighted by Crippen LogP contribution is 2.49. The second-order valence-corrected chi connectivity index (χ2v) is 9.21. The van der Waals surface area contributed by atoms with Crippen LogP contribution < -0.4 is 0 Å². The maximum absolute atomic E-state index is 3.81. The van der Waals surface area contributed by atoms with Crippen molar-refractivity contribution >= 4 is 54.5 Å². The van der Waals surface area contributed by atoms with Gasteiger partial charge in [-0.2, -0.15) is 0 Å². The second-order valence-electron chi connectivity index (χ2n) is 9.21. The van der Waals surface area contributed by atoms with Crippen LogP contribution in [0.3, 0.4) is 0 Å². The third-order valence-corrected chi connectivity index (χ3v) is 7.33. The predicted molar refractivity (Wildman–Crippen MR) is 148 cm³/mol. The maximum Gasteiger partial charge on any atom is 0.0573 e. The fourth-order valence-electron chi connectivity index (χ4n) is 5.87. The van der Waals surface area contributed by atoms with E-state index >= 15 is 0 Å². The van der Waals surface area contributed by atoms with Crippen molar-refractivity contribution in [1.29, 1.82) is 0 Å². The first kappa shape index (κ1) is 18.6. The second kappa shape index (κ2) is 6.87. The van der Waals surface area contributed by atoms with E-state index in [1.54, 1.807) is 0 Å². The number of aromatic amines is 3. The molecule has 0 fully saturated rings. The molecule has 3 heterocycles. The number of rotatable bonds is 2. The molecule has 3 N–H and O–H groups in total. The molecule has 0 spiro atoms. The Morgan fingerprint density at radius 1 is 0.429 bits per heavy atom. The van der Waals surface area contributed by atoms with Crippen LogP contribution in [-0.2, 0) is 0 Å². The molecular weight excluding hydrogens is 426 g/mol. The highest BCUT2D eigenvalue weighted by Gasteiger charge is 2.24. The highest BCUT2D eigenvalue weighted by molar-refractivity contribution is 6.33. The third kappa shape index (κ3) is 2.50. The van der Waals surface area contributed by atoms with Gasteiger partial charge in [0.05, 0.1) is 11.0 Å². The molecular formula is C32H21N3. The average Bonchev–Trinajstić information content (AvgIpc) is 3.61. The van der Waals surface area contributed by atoms with Gasteiger partial charge in [0, 0.05) is 66.4 Å². The molecule has 0 aliphatic heterocycles. The van der Waals surface area contributed by atoms with Crippen molar-refractivity contribution in [2.45, 2.75) is 0 Å². The van der Waals surface area contributed by atoms with Crippen LogP contribution >= 0.6 is 0 Å². The van der Waals surface area contributed by atoms with Crippen LogP contribution in [-0.4, -0.2) is 15.0 Å². The van der Waals surface area contributed by atoms with Gasteiger partial charge in [-0.25, -0.2) is 0 Å². The monoisotopic (exact) mass is 447 g/mol. The molecule has 3 aromatic heterocycles. The van der Waals surface area contributed by atoms with Crippen molar-refractivity contribution in [1.82, 2.24) is 15.0 Å². The Balaban J connectivity index is 1.72. The number of hydrogen-bond acceptors (Lipinski definition) is 0. The molecule has 0 aliphatic rings. The van der Waals surface area contributed by atoms with Gasteiger partial charge in [-0.15, -0.1) is 0 Å². The van der Waals surface area contributed by atoms with Crippen molar-refractivity contribution in [2.24, 2.45) is 0 Å². The van der Waals surface area contributed by atoms with Gasteiger partial charge in [0.2, 0.25) is 0 Å². The molecule has 0 unspecified atom stereocenters. The zero-order chi connectivity index (χ0) is 22.9. The molecule has 0 bridgehead atoms. The van der Waals surface area contributed by atoms with Gasteiger partial charge in [-0.1, -0.05) is 84.9 Å². The van der Waals surface area contributed by atoms with Crippen molar-refractivity contribution in [3.05, 3.63) is 109 Å². The number of hydrogen-bond donors (Lipinski definition) is 3. The number of fused-ring (bicyclic) bond motifs is 8. The van der Waals surface area contributed by atoms with Crippen molar-refractivity contribution in [2.75, 3.05) is 0 Å². The van der Waals surface area contributed by atoms with E-state index in [4.69, 9.17) is 0 Å². The predicted octanol–water partition coefficient (Wildman–Crippen LogP) is 8.77. The molecule has 3 heteroatoms. The van der Waals surface area contributed by atoms with Crippen molar-refractivity contribution in [3.63, 3.8) is 0 Å². The Morgan fingerprint density at radius 3 is 1.74 bits per heavy atom. The Bertz CT molecular complexity index is 2050. The minimum atomic E-state index is 1.14. The maximum atomic E-state index is 3.81. The lowest BCUT2D eigenvalue weighted by Crippen LogP contribution is -1.90. The summed E-state index contributed by atoms with van der Waals surface area (Å²) in [5.41, 5.74) is 10.7.